The lowest BCUT2D eigenvalue weighted by Crippen LogP contribution is -2.43. The minimum atomic E-state index is -1.07. The molecule has 1 aliphatic heterocycles. The lowest BCUT2D eigenvalue weighted by molar-refractivity contribution is -0.132. The van der Waals surface area contributed by atoms with Gasteiger partial charge in [-0.2, -0.15) is 0 Å². The van der Waals surface area contributed by atoms with Crippen molar-refractivity contribution in [3.8, 4) is 5.75 Å². The molecule has 1 saturated heterocycles. The van der Waals surface area contributed by atoms with Gasteiger partial charge in [-0.25, -0.2) is 4.79 Å². The summed E-state index contributed by atoms with van der Waals surface area (Å²) in [6.45, 7) is 3.71. The van der Waals surface area contributed by atoms with E-state index in [1.54, 1.807) is 44.4 Å². The largest absolute Gasteiger partial charge is 0.497 e. The van der Waals surface area contributed by atoms with E-state index in [2.05, 4.69) is 10.5 Å². The van der Waals surface area contributed by atoms with Crippen LogP contribution in [0.25, 0.3) is 0 Å². The third kappa shape index (κ3) is 2.51. The molecule has 2 heterocycles. The van der Waals surface area contributed by atoms with Gasteiger partial charge in [-0.15, -0.1) is 0 Å². The predicted octanol–water partition coefficient (Wildman–Crippen LogP) is 2.35. The van der Waals surface area contributed by atoms with E-state index in [1.165, 1.54) is 4.90 Å². The van der Waals surface area contributed by atoms with Gasteiger partial charge in [-0.05, 0) is 31.0 Å². The highest BCUT2D eigenvalue weighted by Crippen LogP contribution is 2.34. The van der Waals surface area contributed by atoms with Gasteiger partial charge in [0.05, 0.1) is 13.7 Å². The highest BCUT2D eigenvalue weighted by atomic mass is 16.5. The van der Waals surface area contributed by atoms with Crippen molar-refractivity contribution in [1.29, 1.82) is 0 Å². The Kier molecular flexibility index (Phi) is 4.01. The van der Waals surface area contributed by atoms with E-state index in [0.29, 0.717) is 23.6 Å². The third-order valence-corrected chi connectivity index (χ3v) is 4.29. The van der Waals surface area contributed by atoms with E-state index in [9.17, 15) is 9.59 Å². The molecule has 1 aromatic heterocycles. The zero-order valence-electron chi connectivity index (χ0n) is 13.8. The van der Waals surface area contributed by atoms with Crippen LogP contribution in [0.15, 0.2) is 34.9 Å². The number of aryl methyl sites for hydroxylation is 1. The number of aromatic nitrogens is 1. The summed E-state index contributed by atoms with van der Waals surface area (Å²) in [5.41, 5.74) is 0.197. The predicted molar refractivity (Wildman–Crippen MR) is 85.3 cm³/mol. The average molecular weight is 329 g/mol. The third-order valence-electron chi connectivity index (χ3n) is 4.29. The number of ether oxygens (including phenoxy) is 1. The molecule has 7 nitrogen and oxygen atoms in total. The first-order valence-electron chi connectivity index (χ1n) is 7.71. The van der Waals surface area contributed by atoms with E-state index < -0.39 is 11.6 Å². The van der Waals surface area contributed by atoms with Crippen molar-refractivity contribution < 1.29 is 18.8 Å². The number of methoxy groups -OCH3 is 1. The Labute approximate surface area is 139 Å². The highest BCUT2D eigenvalue weighted by molar-refractivity contribution is 6.07. The Morgan fingerprint density at radius 1 is 1.29 bits per heavy atom. The molecule has 0 saturated carbocycles. The van der Waals surface area contributed by atoms with Gasteiger partial charge in [0.1, 0.15) is 22.7 Å². The van der Waals surface area contributed by atoms with Crippen LogP contribution >= 0.6 is 0 Å². The number of amides is 3. The molecule has 1 N–H and O–H groups in total. The minimum absolute atomic E-state index is 0.0832. The molecule has 0 aliphatic carbocycles. The Morgan fingerprint density at radius 2 is 2.00 bits per heavy atom. The molecule has 0 unspecified atom stereocenters. The molecule has 0 radical (unpaired) electrons. The number of nitrogens with zero attached hydrogens (tertiary/aromatic N) is 2. The van der Waals surface area contributed by atoms with E-state index in [1.807, 2.05) is 6.92 Å². The molecule has 3 rings (SSSR count). The number of carbonyl (C=O) groups excluding carboxylic acids is 2. The summed E-state index contributed by atoms with van der Waals surface area (Å²) in [6.07, 6.45) is 0.443. The van der Waals surface area contributed by atoms with E-state index in [-0.39, 0.29) is 12.5 Å². The van der Waals surface area contributed by atoms with Crippen LogP contribution < -0.4 is 10.1 Å². The maximum absolute atomic E-state index is 13.0. The molecule has 3 amide bonds. The van der Waals surface area contributed by atoms with Crippen molar-refractivity contribution in [2.75, 3.05) is 7.11 Å². The van der Waals surface area contributed by atoms with Crippen LogP contribution in [0, 0.1) is 6.92 Å². The molecule has 126 valence electrons. The number of hydrogen-bond donors (Lipinski definition) is 1. The van der Waals surface area contributed by atoms with Crippen molar-refractivity contribution >= 4 is 11.9 Å². The molecule has 1 aromatic carbocycles. The summed E-state index contributed by atoms with van der Waals surface area (Å²) in [5.74, 6) is 1.03. The van der Waals surface area contributed by atoms with Crippen LogP contribution in [-0.2, 0) is 16.9 Å². The van der Waals surface area contributed by atoms with Gasteiger partial charge in [0, 0.05) is 6.07 Å². The van der Waals surface area contributed by atoms with E-state index in [4.69, 9.17) is 9.26 Å². The average Bonchev–Trinajstić information content (AvgIpc) is 3.11. The van der Waals surface area contributed by atoms with E-state index >= 15 is 0 Å². The first kappa shape index (κ1) is 16.0. The SMILES string of the molecule is CC[C@]1(c2ccc(OC)cc2)NC(=O)N(Cc2cc(C)on2)C1=O. The van der Waals surface area contributed by atoms with Crippen LogP contribution in [0.2, 0.25) is 0 Å². The molecule has 24 heavy (non-hydrogen) atoms. The summed E-state index contributed by atoms with van der Waals surface area (Å²) >= 11 is 0. The topological polar surface area (TPSA) is 84.7 Å². The number of urea groups is 1. The van der Waals surface area contributed by atoms with Crippen LogP contribution in [0.5, 0.6) is 5.75 Å². The second-order valence-electron chi connectivity index (χ2n) is 5.74. The molecule has 0 spiro atoms. The first-order valence-corrected chi connectivity index (χ1v) is 7.71. The van der Waals surface area contributed by atoms with Crippen molar-refractivity contribution in [1.82, 2.24) is 15.4 Å². The number of nitrogens with one attached hydrogen (secondary N) is 1. The summed E-state index contributed by atoms with van der Waals surface area (Å²) in [7, 11) is 1.58. The molecule has 1 aliphatic rings. The second kappa shape index (κ2) is 5.99. The van der Waals surface area contributed by atoms with Crippen molar-refractivity contribution in [2.45, 2.75) is 32.4 Å². The number of imide groups is 1. The standard InChI is InChI=1S/C17H19N3O4/c1-4-17(12-5-7-14(23-3)8-6-12)15(21)20(16(22)18-17)10-13-9-11(2)24-19-13/h5-9H,4,10H2,1-3H3,(H,18,22)/t17-/m1/s1. The highest BCUT2D eigenvalue weighted by Gasteiger charge is 2.51. The van der Waals surface area contributed by atoms with E-state index in [0.717, 1.165) is 5.56 Å². The number of benzene rings is 1. The first-order chi connectivity index (χ1) is 11.5. The zero-order chi connectivity index (χ0) is 17.3. The van der Waals surface area contributed by atoms with Gasteiger partial charge in [0.25, 0.3) is 5.91 Å². The summed E-state index contributed by atoms with van der Waals surface area (Å²) < 4.78 is 10.1. The van der Waals surface area contributed by atoms with Gasteiger partial charge >= 0.3 is 6.03 Å². The van der Waals surface area contributed by atoms with Crippen molar-refractivity contribution in [3.63, 3.8) is 0 Å². The van der Waals surface area contributed by atoms with Gasteiger partial charge in [-0.3, -0.25) is 9.69 Å². The summed E-state index contributed by atoms with van der Waals surface area (Å²) in [6, 6.07) is 8.42. The lowest BCUT2D eigenvalue weighted by Gasteiger charge is -2.25. The fourth-order valence-corrected chi connectivity index (χ4v) is 2.94. The normalized spacial score (nSPS) is 20.4. The number of carbonyl (C=O) groups is 2. The Bertz CT molecular complexity index is 768. The Morgan fingerprint density at radius 3 is 2.54 bits per heavy atom. The quantitative estimate of drug-likeness (QED) is 0.851. The number of hydrogen-bond acceptors (Lipinski definition) is 5. The molecular weight excluding hydrogens is 310 g/mol. The van der Waals surface area contributed by atoms with Gasteiger partial charge in [0.2, 0.25) is 0 Å². The molecular formula is C17H19N3O4. The molecule has 0 bridgehead atoms. The van der Waals surface area contributed by atoms with Gasteiger partial charge in [0.15, 0.2) is 0 Å². The van der Waals surface area contributed by atoms with Crippen molar-refractivity contribution in [2.24, 2.45) is 0 Å². The van der Waals surface area contributed by atoms with Gasteiger partial charge in [-0.1, -0.05) is 24.2 Å². The van der Waals surface area contributed by atoms with Gasteiger partial charge < -0.3 is 14.6 Å². The van der Waals surface area contributed by atoms with Crippen LogP contribution in [-0.4, -0.2) is 29.1 Å². The lowest BCUT2D eigenvalue weighted by atomic mass is 9.87. The molecule has 2 aromatic rings. The van der Waals surface area contributed by atoms with Crippen LogP contribution in [0.1, 0.15) is 30.4 Å². The maximum atomic E-state index is 13.0. The summed E-state index contributed by atoms with van der Waals surface area (Å²) in [4.78, 5) is 26.5. The second-order valence-corrected chi connectivity index (χ2v) is 5.74. The fraction of sp³-hybridized carbons (Fsp3) is 0.353. The Hall–Kier alpha value is -2.83. The molecule has 1 atom stereocenters. The minimum Gasteiger partial charge on any atom is -0.497 e. The van der Waals surface area contributed by atoms with Crippen LogP contribution in [0.4, 0.5) is 4.79 Å². The van der Waals surface area contributed by atoms with Crippen molar-refractivity contribution in [3.05, 3.63) is 47.3 Å². The smallest absolute Gasteiger partial charge is 0.325 e. The van der Waals surface area contributed by atoms with Crippen LogP contribution in [0.3, 0.4) is 0 Å². The fourth-order valence-electron chi connectivity index (χ4n) is 2.94. The Balaban J connectivity index is 1.91. The molecule has 1 fully saturated rings. The number of rotatable bonds is 5. The monoisotopic (exact) mass is 329 g/mol. The zero-order valence-corrected chi connectivity index (χ0v) is 13.8. The molecule has 7 heteroatoms. The summed E-state index contributed by atoms with van der Waals surface area (Å²) in [5, 5.41) is 6.69. The maximum Gasteiger partial charge on any atom is 0.325 e.